The molecule has 3 nitrogen and oxygen atoms in total. The first kappa shape index (κ1) is 17.6. The molecule has 0 fully saturated rings. The number of hydrogen-bond donors (Lipinski definition) is 0. The van der Waals surface area contributed by atoms with Gasteiger partial charge in [0.1, 0.15) is 5.75 Å². The fraction of sp³-hybridized carbons (Fsp3) is 0.571. The number of halogens is 2. The number of benzene rings is 1. The molecule has 0 aliphatic rings. The Morgan fingerprint density at radius 1 is 1.25 bits per heavy atom. The second-order valence-corrected chi connectivity index (χ2v) is 8.30. The van der Waals surface area contributed by atoms with E-state index in [1.54, 1.807) is 12.1 Å². The van der Waals surface area contributed by atoms with E-state index < -0.39 is 14.5 Å². The lowest BCUT2D eigenvalue weighted by Crippen LogP contribution is -2.33. The van der Waals surface area contributed by atoms with Crippen LogP contribution in [0.15, 0.2) is 18.2 Å². The molecule has 0 saturated heterocycles. The van der Waals surface area contributed by atoms with Crippen LogP contribution in [0, 0.1) is 12.3 Å². The molecule has 0 aliphatic heterocycles. The predicted molar refractivity (Wildman–Crippen MR) is 84.3 cm³/mol. The van der Waals surface area contributed by atoms with Gasteiger partial charge in [0, 0.05) is 21.1 Å². The fourth-order valence-electron chi connectivity index (χ4n) is 2.07. The largest absolute Gasteiger partial charge is 0.493 e. The maximum atomic E-state index is 11.4. The highest BCUT2D eigenvalue weighted by Gasteiger charge is 2.32. The van der Waals surface area contributed by atoms with Gasteiger partial charge in [-0.05, 0) is 43.5 Å². The minimum atomic E-state index is -3.56. The van der Waals surface area contributed by atoms with Crippen molar-refractivity contribution >= 4 is 31.3 Å². The van der Waals surface area contributed by atoms with E-state index in [-0.39, 0.29) is 5.75 Å². The first-order valence-electron chi connectivity index (χ1n) is 6.52. The van der Waals surface area contributed by atoms with Crippen molar-refractivity contribution in [1.82, 2.24) is 0 Å². The van der Waals surface area contributed by atoms with Gasteiger partial charge in [-0.1, -0.05) is 25.4 Å². The van der Waals surface area contributed by atoms with Crippen LogP contribution in [-0.2, 0) is 9.05 Å². The monoisotopic (exact) mass is 338 g/mol. The molecule has 0 unspecified atom stereocenters. The summed E-state index contributed by atoms with van der Waals surface area (Å²) in [5.41, 5.74) is 0.458. The Morgan fingerprint density at radius 2 is 1.85 bits per heavy atom. The molecule has 6 heteroatoms. The number of ether oxygens (including phenoxy) is 1. The molecule has 0 amide bonds. The van der Waals surface area contributed by atoms with E-state index in [1.807, 2.05) is 26.8 Å². The van der Waals surface area contributed by atoms with Gasteiger partial charge in [0.15, 0.2) is 0 Å². The van der Waals surface area contributed by atoms with Crippen LogP contribution in [0.4, 0.5) is 0 Å². The van der Waals surface area contributed by atoms with E-state index >= 15 is 0 Å². The van der Waals surface area contributed by atoms with Crippen molar-refractivity contribution < 1.29 is 13.2 Å². The molecule has 0 spiro atoms. The van der Waals surface area contributed by atoms with Crippen LogP contribution in [0.2, 0.25) is 5.02 Å². The standard InChI is InChI=1S/C14H20Cl2O3S/c1-4-14(5-2,10-20(16,17)18)9-19-13-7-6-12(15)8-11(13)3/h6-8H,4-5,9-10H2,1-3H3. The second-order valence-electron chi connectivity index (χ2n) is 5.09. The molecule has 0 aromatic heterocycles. The molecule has 0 bridgehead atoms. The highest BCUT2D eigenvalue weighted by Crippen LogP contribution is 2.32. The van der Waals surface area contributed by atoms with Gasteiger partial charge in [0.25, 0.3) is 0 Å². The van der Waals surface area contributed by atoms with Crippen LogP contribution in [0.1, 0.15) is 32.3 Å². The molecule has 114 valence electrons. The third-order valence-corrected chi connectivity index (χ3v) is 5.17. The Bertz CT molecular complexity index is 552. The van der Waals surface area contributed by atoms with Gasteiger partial charge in [-0.3, -0.25) is 0 Å². The molecule has 1 rings (SSSR count). The summed E-state index contributed by atoms with van der Waals surface area (Å²) in [7, 11) is 1.85. The normalized spacial score (nSPS) is 12.4. The minimum absolute atomic E-state index is 0.0821. The van der Waals surface area contributed by atoms with Crippen molar-refractivity contribution in [2.45, 2.75) is 33.6 Å². The molecule has 0 N–H and O–H groups in total. The fourth-order valence-corrected chi connectivity index (χ4v) is 4.22. The molecule has 0 aliphatic carbocycles. The Kier molecular flexibility index (Phi) is 6.17. The third-order valence-electron chi connectivity index (χ3n) is 3.65. The number of hydrogen-bond acceptors (Lipinski definition) is 3. The third kappa shape index (κ3) is 5.15. The summed E-state index contributed by atoms with van der Waals surface area (Å²) in [6.07, 6.45) is 1.37. The lowest BCUT2D eigenvalue weighted by Gasteiger charge is -2.30. The van der Waals surface area contributed by atoms with Crippen molar-refractivity contribution in [2.24, 2.45) is 5.41 Å². The lowest BCUT2D eigenvalue weighted by molar-refractivity contribution is 0.154. The molecular weight excluding hydrogens is 319 g/mol. The van der Waals surface area contributed by atoms with Gasteiger partial charge < -0.3 is 4.74 Å². The molecule has 20 heavy (non-hydrogen) atoms. The summed E-state index contributed by atoms with van der Waals surface area (Å²) < 4.78 is 28.6. The molecule has 1 aromatic rings. The van der Waals surface area contributed by atoms with Crippen molar-refractivity contribution in [1.29, 1.82) is 0 Å². The van der Waals surface area contributed by atoms with E-state index in [4.69, 9.17) is 27.0 Å². The lowest BCUT2D eigenvalue weighted by atomic mass is 9.85. The first-order valence-corrected chi connectivity index (χ1v) is 9.38. The van der Waals surface area contributed by atoms with E-state index in [2.05, 4.69) is 0 Å². The summed E-state index contributed by atoms with van der Waals surface area (Å²) in [5, 5.41) is 0.649. The van der Waals surface area contributed by atoms with Crippen LogP contribution in [-0.4, -0.2) is 20.8 Å². The topological polar surface area (TPSA) is 43.4 Å². The smallest absolute Gasteiger partial charge is 0.233 e. The first-order chi connectivity index (χ1) is 9.21. The molecule has 0 atom stereocenters. The average Bonchev–Trinajstić information content (AvgIpc) is 2.35. The summed E-state index contributed by atoms with van der Waals surface area (Å²) in [6, 6.07) is 5.36. The molecular formula is C14H20Cl2O3S. The van der Waals surface area contributed by atoms with Crippen LogP contribution in [0.25, 0.3) is 0 Å². The number of rotatable bonds is 7. The Balaban J connectivity index is 2.86. The van der Waals surface area contributed by atoms with Crippen molar-refractivity contribution in [2.75, 3.05) is 12.4 Å². The van der Waals surface area contributed by atoms with E-state index in [0.29, 0.717) is 30.2 Å². The van der Waals surface area contributed by atoms with E-state index in [1.165, 1.54) is 0 Å². The Hall–Kier alpha value is -0.450. The minimum Gasteiger partial charge on any atom is -0.493 e. The summed E-state index contributed by atoms with van der Waals surface area (Å²) >= 11 is 5.90. The SMILES string of the molecule is CCC(CC)(COc1ccc(Cl)cc1C)CS(=O)(=O)Cl. The van der Waals surface area contributed by atoms with Crippen molar-refractivity contribution in [3.8, 4) is 5.75 Å². The quantitative estimate of drug-likeness (QED) is 0.692. The van der Waals surface area contributed by atoms with Crippen LogP contribution in [0.5, 0.6) is 5.75 Å². The zero-order valence-electron chi connectivity index (χ0n) is 11.9. The molecule has 0 heterocycles. The van der Waals surface area contributed by atoms with Crippen molar-refractivity contribution in [3.63, 3.8) is 0 Å². The highest BCUT2D eigenvalue weighted by atomic mass is 35.7. The summed E-state index contributed by atoms with van der Waals surface area (Å²) in [5.74, 6) is 0.633. The number of aryl methyl sites for hydroxylation is 1. The van der Waals surface area contributed by atoms with Gasteiger partial charge in [-0.2, -0.15) is 0 Å². The van der Waals surface area contributed by atoms with Crippen molar-refractivity contribution in [3.05, 3.63) is 28.8 Å². The van der Waals surface area contributed by atoms with E-state index in [9.17, 15) is 8.42 Å². The Morgan fingerprint density at radius 3 is 2.30 bits per heavy atom. The van der Waals surface area contributed by atoms with Crippen LogP contribution in [0.3, 0.4) is 0 Å². The van der Waals surface area contributed by atoms with Crippen LogP contribution >= 0.6 is 22.3 Å². The van der Waals surface area contributed by atoms with Crippen LogP contribution < -0.4 is 4.74 Å². The van der Waals surface area contributed by atoms with Gasteiger partial charge in [0.05, 0.1) is 12.4 Å². The summed E-state index contributed by atoms with van der Waals surface area (Å²) in [6.45, 7) is 6.11. The van der Waals surface area contributed by atoms with Gasteiger partial charge in [-0.15, -0.1) is 0 Å². The predicted octanol–water partition coefficient (Wildman–Crippen LogP) is 4.40. The molecule has 0 radical (unpaired) electrons. The Labute approximate surface area is 130 Å². The zero-order valence-corrected chi connectivity index (χ0v) is 14.3. The summed E-state index contributed by atoms with van der Waals surface area (Å²) in [4.78, 5) is 0. The second kappa shape index (κ2) is 7.01. The van der Waals surface area contributed by atoms with E-state index in [0.717, 1.165) is 5.56 Å². The maximum absolute atomic E-state index is 11.4. The zero-order chi connectivity index (χ0) is 15.4. The van der Waals surface area contributed by atoms with Gasteiger partial charge >= 0.3 is 0 Å². The van der Waals surface area contributed by atoms with Gasteiger partial charge in [0.2, 0.25) is 9.05 Å². The maximum Gasteiger partial charge on any atom is 0.233 e. The average molecular weight is 339 g/mol. The molecule has 1 aromatic carbocycles. The molecule has 0 saturated carbocycles. The highest BCUT2D eigenvalue weighted by molar-refractivity contribution is 8.13. The van der Waals surface area contributed by atoms with Gasteiger partial charge in [-0.25, -0.2) is 8.42 Å².